The molecular weight excluding hydrogens is 432 g/mol. The number of nitrogens with one attached hydrogen (secondary N) is 1. The van der Waals surface area contributed by atoms with Gasteiger partial charge in [0.15, 0.2) is 0 Å². The Kier molecular flexibility index (Phi) is 6.40. The highest BCUT2D eigenvalue weighted by Crippen LogP contribution is 2.45. The Labute approximate surface area is 201 Å². The number of methoxy groups -OCH3 is 1. The highest BCUT2D eigenvalue weighted by molar-refractivity contribution is 5.71. The van der Waals surface area contributed by atoms with Gasteiger partial charge in [-0.3, -0.25) is 4.90 Å². The van der Waals surface area contributed by atoms with E-state index in [1.165, 1.54) is 0 Å². The number of piperidine rings is 3. The molecule has 7 nitrogen and oxygen atoms in total. The van der Waals surface area contributed by atoms with E-state index >= 15 is 0 Å². The zero-order valence-electron chi connectivity index (χ0n) is 20.2. The minimum Gasteiger partial charge on any atom is -0.491 e. The average molecular weight is 467 g/mol. The predicted molar refractivity (Wildman–Crippen MR) is 129 cm³/mol. The van der Waals surface area contributed by atoms with Gasteiger partial charge in [-0.05, 0) is 75.0 Å². The average Bonchev–Trinajstić information content (AvgIpc) is 3.08. The first kappa shape index (κ1) is 23.0. The van der Waals surface area contributed by atoms with Crippen LogP contribution >= 0.6 is 0 Å². The molecular formula is C27H34N2O5. The van der Waals surface area contributed by atoms with Crippen LogP contribution in [-0.2, 0) is 9.47 Å². The topological polar surface area (TPSA) is 69.3 Å². The van der Waals surface area contributed by atoms with Gasteiger partial charge in [0.2, 0.25) is 0 Å². The first-order chi connectivity index (χ1) is 16.4. The van der Waals surface area contributed by atoms with E-state index < -0.39 is 5.60 Å². The number of fused-ring (bicyclic) bond motifs is 4. The number of carbonyl (C=O) groups excluding carboxylic acids is 1. The van der Waals surface area contributed by atoms with E-state index in [1.54, 1.807) is 7.11 Å². The summed E-state index contributed by atoms with van der Waals surface area (Å²) in [6.07, 6.45) is 1.84. The summed E-state index contributed by atoms with van der Waals surface area (Å²) in [5.41, 5.74) is 2.45. The Morgan fingerprint density at radius 2 is 1.91 bits per heavy atom. The van der Waals surface area contributed by atoms with E-state index in [1.807, 2.05) is 50.2 Å². The van der Waals surface area contributed by atoms with Crippen molar-refractivity contribution in [2.24, 2.45) is 5.92 Å². The molecule has 34 heavy (non-hydrogen) atoms. The maximum absolute atomic E-state index is 12.8. The molecule has 2 aromatic carbocycles. The normalized spacial score (nSPS) is 26.4. The highest BCUT2D eigenvalue weighted by atomic mass is 16.6. The third kappa shape index (κ3) is 4.72. The fourth-order valence-corrected chi connectivity index (χ4v) is 5.35. The quantitative estimate of drug-likeness (QED) is 0.610. The number of hydrogen-bond acceptors (Lipinski definition) is 6. The molecule has 0 aromatic heterocycles. The monoisotopic (exact) mass is 466 g/mol. The van der Waals surface area contributed by atoms with Crippen LogP contribution in [0.5, 0.6) is 11.5 Å². The van der Waals surface area contributed by atoms with Crippen LogP contribution in [0.15, 0.2) is 42.5 Å². The van der Waals surface area contributed by atoms with Gasteiger partial charge >= 0.3 is 6.09 Å². The Balaban J connectivity index is 1.29. The zero-order chi connectivity index (χ0) is 23.7. The van der Waals surface area contributed by atoms with Crippen molar-refractivity contribution in [3.63, 3.8) is 0 Å². The maximum atomic E-state index is 12.8. The molecule has 3 saturated heterocycles. The van der Waals surface area contributed by atoms with Crippen LogP contribution in [0.2, 0.25) is 0 Å². The Morgan fingerprint density at radius 1 is 1.12 bits per heavy atom. The molecule has 1 amide bonds. The van der Waals surface area contributed by atoms with Crippen molar-refractivity contribution < 1.29 is 23.7 Å². The molecule has 0 saturated carbocycles. The molecule has 4 aliphatic rings. The molecule has 2 aromatic rings. The summed E-state index contributed by atoms with van der Waals surface area (Å²) < 4.78 is 23.0. The number of amides is 1. The van der Waals surface area contributed by atoms with Crippen LogP contribution in [0, 0.1) is 5.92 Å². The zero-order valence-corrected chi connectivity index (χ0v) is 20.2. The lowest BCUT2D eigenvalue weighted by molar-refractivity contribution is -0.0358. The summed E-state index contributed by atoms with van der Waals surface area (Å²) in [6, 6.07) is 13.8. The van der Waals surface area contributed by atoms with Crippen molar-refractivity contribution in [1.82, 2.24) is 10.2 Å². The fourth-order valence-electron chi connectivity index (χ4n) is 5.35. The molecule has 7 heteroatoms. The van der Waals surface area contributed by atoms with E-state index in [4.69, 9.17) is 18.9 Å². The Bertz CT molecular complexity index is 1030. The Hall–Kier alpha value is -2.77. The number of alkyl carbamates (subject to hydrolysis) is 1. The number of ether oxygens (including phenoxy) is 4. The minimum atomic E-state index is -0.583. The first-order valence-electron chi connectivity index (χ1n) is 12.2. The van der Waals surface area contributed by atoms with Gasteiger partial charge in [-0.1, -0.05) is 24.3 Å². The van der Waals surface area contributed by atoms with Crippen molar-refractivity contribution in [3.8, 4) is 22.6 Å². The fraction of sp³-hybridized carbons (Fsp3) is 0.519. The molecule has 4 aliphatic heterocycles. The summed E-state index contributed by atoms with van der Waals surface area (Å²) in [6.45, 7) is 8.12. The third-order valence-corrected chi connectivity index (χ3v) is 7.23. The van der Waals surface area contributed by atoms with E-state index in [2.05, 4.69) is 16.3 Å². The van der Waals surface area contributed by atoms with E-state index in [-0.39, 0.29) is 18.2 Å². The molecule has 4 heterocycles. The summed E-state index contributed by atoms with van der Waals surface area (Å²) in [4.78, 5) is 15.2. The van der Waals surface area contributed by atoms with Crippen LogP contribution in [0.3, 0.4) is 0 Å². The van der Waals surface area contributed by atoms with Gasteiger partial charge < -0.3 is 24.3 Å². The lowest BCUT2D eigenvalue weighted by Crippen LogP contribution is -2.53. The molecule has 0 radical (unpaired) electrons. The van der Waals surface area contributed by atoms with Gasteiger partial charge in [-0.2, -0.15) is 0 Å². The third-order valence-electron chi connectivity index (χ3n) is 7.23. The van der Waals surface area contributed by atoms with E-state index in [0.717, 1.165) is 60.7 Å². The second-order valence-corrected chi connectivity index (χ2v) is 9.99. The lowest BCUT2D eigenvalue weighted by atomic mass is 9.86. The molecule has 182 valence electrons. The van der Waals surface area contributed by atoms with Crippen LogP contribution in [0.1, 0.15) is 38.3 Å². The second-order valence-electron chi connectivity index (χ2n) is 9.99. The summed E-state index contributed by atoms with van der Waals surface area (Å²) >= 11 is 0. The number of carbonyl (C=O) groups is 1. The lowest BCUT2D eigenvalue weighted by Gasteiger charge is -2.44. The molecule has 3 fully saturated rings. The molecule has 2 atom stereocenters. The van der Waals surface area contributed by atoms with E-state index in [9.17, 15) is 4.79 Å². The summed E-state index contributed by atoms with van der Waals surface area (Å²) in [5.74, 6) is 2.06. The number of rotatable bonds is 7. The van der Waals surface area contributed by atoms with Crippen molar-refractivity contribution in [2.75, 3.05) is 40.0 Å². The van der Waals surface area contributed by atoms with Gasteiger partial charge in [0.25, 0.3) is 0 Å². The first-order valence-corrected chi connectivity index (χ1v) is 12.2. The van der Waals surface area contributed by atoms with Gasteiger partial charge in [0, 0.05) is 19.2 Å². The summed E-state index contributed by atoms with van der Waals surface area (Å²) in [5, 5.41) is 3.09. The van der Waals surface area contributed by atoms with Crippen LogP contribution in [0.25, 0.3) is 11.1 Å². The molecule has 1 N–H and O–H groups in total. The maximum Gasteiger partial charge on any atom is 0.408 e. The second kappa shape index (κ2) is 9.47. The molecule has 6 rings (SSSR count). The van der Waals surface area contributed by atoms with Gasteiger partial charge in [-0.25, -0.2) is 4.79 Å². The highest BCUT2D eigenvalue weighted by Gasteiger charge is 2.43. The van der Waals surface area contributed by atoms with Crippen molar-refractivity contribution in [1.29, 1.82) is 0 Å². The summed E-state index contributed by atoms with van der Waals surface area (Å²) in [7, 11) is 1.66. The van der Waals surface area contributed by atoms with Crippen molar-refractivity contribution in [2.45, 2.75) is 44.4 Å². The number of benzene rings is 2. The van der Waals surface area contributed by atoms with Crippen molar-refractivity contribution in [3.05, 3.63) is 48.0 Å². The molecule has 1 unspecified atom stereocenters. The molecule has 0 aliphatic carbocycles. The van der Waals surface area contributed by atoms with Crippen LogP contribution in [0.4, 0.5) is 4.79 Å². The SMILES string of the molecule is COCCOc1cccc(-c2ccc3c(c2)OC(C)(C)C3NC(=O)O[C@H]2CN3CCC2CC3)c1. The Morgan fingerprint density at radius 3 is 2.65 bits per heavy atom. The number of hydrogen-bond donors (Lipinski definition) is 1. The minimum absolute atomic E-state index is 0.0202. The molecule has 2 bridgehead atoms. The van der Waals surface area contributed by atoms with Crippen LogP contribution < -0.4 is 14.8 Å². The number of nitrogens with zero attached hydrogens (tertiary/aromatic N) is 1. The van der Waals surface area contributed by atoms with Gasteiger partial charge in [0.1, 0.15) is 35.9 Å². The van der Waals surface area contributed by atoms with Crippen molar-refractivity contribution >= 4 is 6.09 Å². The molecule has 0 spiro atoms. The standard InChI is InChI=1S/C27H34N2O5/c1-27(2)25(28-26(30)33-24-17-29-11-9-18(24)10-12-29)22-8-7-20(16-23(22)34-27)19-5-4-6-21(15-19)32-14-13-31-3/h4-8,15-16,18,24-25H,9-14,17H2,1-3H3,(H,28,30)/t24-,25?/m0/s1. The smallest absolute Gasteiger partial charge is 0.408 e. The van der Waals surface area contributed by atoms with Crippen LogP contribution in [-0.4, -0.2) is 62.7 Å². The largest absolute Gasteiger partial charge is 0.491 e. The van der Waals surface area contributed by atoms with Gasteiger partial charge in [0.05, 0.1) is 6.61 Å². The predicted octanol–water partition coefficient (Wildman–Crippen LogP) is 4.41. The van der Waals surface area contributed by atoms with Gasteiger partial charge in [-0.15, -0.1) is 0 Å². The van der Waals surface area contributed by atoms with E-state index in [0.29, 0.717) is 19.1 Å².